The molecule has 0 saturated carbocycles. The van der Waals surface area contributed by atoms with Gasteiger partial charge in [-0.05, 0) is 17.5 Å². The molecule has 1 amide bonds. The molecule has 0 spiro atoms. The van der Waals surface area contributed by atoms with E-state index in [9.17, 15) is 4.79 Å². The molecular formula is C17H20N6O. The average Bonchev–Trinajstić information content (AvgIpc) is 2.68. The van der Waals surface area contributed by atoms with Gasteiger partial charge in [0.2, 0.25) is 12.4 Å². The Labute approximate surface area is 140 Å². The molecule has 3 heterocycles. The predicted octanol–water partition coefficient (Wildman–Crippen LogP) is 0.713. The van der Waals surface area contributed by atoms with Crippen LogP contribution >= 0.6 is 0 Å². The van der Waals surface area contributed by atoms with Crippen LogP contribution in [0.2, 0.25) is 0 Å². The number of hydrogen-bond donors (Lipinski definition) is 0. The number of hydrogen-bond acceptors (Lipinski definition) is 6. The molecule has 7 nitrogen and oxygen atoms in total. The number of anilines is 2. The Morgan fingerprint density at radius 3 is 2.54 bits per heavy atom. The zero-order valence-electron chi connectivity index (χ0n) is 13.5. The summed E-state index contributed by atoms with van der Waals surface area (Å²) in [5, 5.41) is 8.38. The number of nitrogens with zero attached hydrogens (tertiary/aromatic N) is 6. The van der Waals surface area contributed by atoms with E-state index in [-0.39, 0.29) is 0 Å². The van der Waals surface area contributed by atoms with E-state index in [1.54, 1.807) is 11.1 Å². The molecular weight excluding hydrogens is 304 g/mol. The van der Waals surface area contributed by atoms with Gasteiger partial charge in [-0.1, -0.05) is 24.3 Å². The van der Waals surface area contributed by atoms with Crippen LogP contribution in [0.1, 0.15) is 11.1 Å². The first-order valence-electron chi connectivity index (χ1n) is 8.29. The van der Waals surface area contributed by atoms with Crippen molar-refractivity contribution in [2.75, 3.05) is 42.5 Å². The molecule has 124 valence electrons. The molecule has 0 radical (unpaired) electrons. The van der Waals surface area contributed by atoms with E-state index in [2.05, 4.69) is 44.3 Å². The fourth-order valence-electron chi connectivity index (χ4n) is 3.30. The van der Waals surface area contributed by atoms with E-state index in [0.29, 0.717) is 5.95 Å². The normalized spacial score (nSPS) is 17.6. The van der Waals surface area contributed by atoms with Gasteiger partial charge in [-0.25, -0.2) is 0 Å². The van der Waals surface area contributed by atoms with Crippen molar-refractivity contribution >= 4 is 18.2 Å². The molecule has 7 heteroatoms. The summed E-state index contributed by atoms with van der Waals surface area (Å²) in [6.45, 7) is 4.72. The van der Waals surface area contributed by atoms with E-state index < -0.39 is 0 Å². The minimum Gasteiger partial charge on any atom is -0.352 e. The Morgan fingerprint density at radius 1 is 0.958 bits per heavy atom. The molecule has 2 aliphatic heterocycles. The highest BCUT2D eigenvalue weighted by atomic mass is 16.1. The second-order valence-electron chi connectivity index (χ2n) is 6.18. The quantitative estimate of drug-likeness (QED) is 0.775. The summed E-state index contributed by atoms with van der Waals surface area (Å²) in [6.07, 6.45) is 3.62. The number of carbonyl (C=O) groups is 1. The Hall–Kier alpha value is -2.70. The summed E-state index contributed by atoms with van der Waals surface area (Å²) in [7, 11) is 0. The first-order valence-corrected chi connectivity index (χ1v) is 8.29. The molecule has 1 aromatic heterocycles. The highest BCUT2D eigenvalue weighted by Gasteiger charge is 2.21. The smallest absolute Gasteiger partial charge is 0.247 e. The lowest BCUT2D eigenvalue weighted by molar-refractivity contribution is -0.118. The van der Waals surface area contributed by atoms with Crippen LogP contribution in [0.5, 0.6) is 0 Å². The van der Waals surface area contributed by atoms with E-state index in [0.717, 1.165) is 57.9 Å². The van der Waals surface area contributed by atoms with Crippen molar-refractivity contribution in [3.05, 3.63) is 41.6 Å². The lowest BCUT2D eigenvalue weighted by atomic mass is 10.0. The van der Waals surface area contributed by atoms with Crippen molar-refractivity contribution in [3.8, 4) is 0 Å². The first-order chi connectivity index (χ1) is 11.8. The predicted molar refractivity (Wildman–Crippen MR) is 90.9 cm³/mol. The van der Waals surface area contributed by atoms with Crippen LogP contribution in [0.3, 0.4) is 0 Å². The summed E-state index contributed by atoms with van der Waals surface area (Å²) in [4.78, 5) is 21.7. The Balaban J connectivity index is 1.50. The molecule has 0 aliphatic carbocycles. The third-order valence-corrected chi connectivity index (χ3v) is 4.74. The van der Waals surface area contributed by atoms with Crippen LogP contribution in [0.15, 0.2) is 30.5 Å². The summed E-state index contributed by atoms with van der Waals surface area (Å²) >= 11 is 0. The molecule has 0 bridgehead atoms. The van der Waals surface area contributed by atoms with E-state index in [1.807, 2.05) is 0 Å². The highest BCUT2D eigenvalue weighted by Crippen LogP contribution is 2.23. The van der Waals surface area contributed by atoms with Crippen molar-refractivity contribution in [3.63, 3.8) is 0 Å². The summed E-state index contributed by atoms with van der Waals surface area (Å²) in [5.74, 6) is 1.52. The van der Waals surface area contributed by atoms with Gasteiger partial charge in [-0.2, -0.15) is 10.1 Å². The Morgan fingerprint density at radius 2 is 1.75 bits per heavy atom. The Kier molecular flexibility index (Phi) is 3.98. The highest BCUT2D eigenvalue weighted by molar-refractivity contribution is 5.49. The molecule has 2 aliphatic rings. The minimum atomic E-state index is 0.680. The second-order valence-corrected chi connectivity index (χ2v) is 6.18. The first kappa shape index (κ1) is 14.9. The number of fused-ring (bicyclic) bond motifs is 1. The fraction of sp³-hybridized carbons (Fsp3) is 0.412. The van der Waals surface area contributed by atoms with E-state index in [1.165, 1.54) is 11.1 Å². The molecule has 1 aromatic carbocycles. The van der Waals surface area contributed by atoms with Crippen LogP contribution in [0, 0.1) is 0 Å². The summed E-state index contributed by atoms with van der Waals surface area (Å²) in [6, 6.07) is 8.52. The van der Waals surface area contributed by atoms with Crippen molar-refractivity contribution in [2.24, 2.45) is 0 Å². The molecule has 4 rings (SSSR count). The number of benzene rings is 1. The average molecular weight is 324 g/mol. The van der Waals surface area contributed by atoms with Gasteiger partial charge in [-0.15, -0.1) is 5.10 Å². The van der Waals surface area contributed by atoms with Crippen LogP contribution in [0.25, 0.3) is 0 Å². The van der Waals surface area contributed by atoms with Gasteiger partial charge in [0.1, 0.15) is 0 Å². The molecule has 0 unspecified atom stereocenters. The molecule has 24 heavy (non-hydrogen) atoms. The fourth-order valence-corrected chi connectivity index (χ4v) is 3.30. The lowest BCUT2D eigenvalue weighted by Crippen LogP contribution is -2.46. The van der Waals surface area contributed by atoms with Gasteiger partial charge in [0, 0.05) is 39.3 Å². The van der Waals surface area contributed by atoms with Crippen LogP contribution < -0.4 is 9.80 Å². The summed E-state index contributed by atoms with van der Waals surface area (Å²) < 4.78 is 0. The number of carbonyl (C=O) groups excluding carboxylic acids is 1. The third-order valence-electron chi connectivity index (χ3n) is 4.74. The third kappa shape index (κ3) is 2.89. The monoisotopic (exact) mass is 324 g/mol. The van der Waals surface area contributed by atoms with Gasteiger partial charge in [0.05, 0.1) is 6.20 Å². The van der Waals surface area contributed by atoms with Gasteiger partial charge < -0.3 is 14.7 Å². The van der Waals surface area contributed by atoms with E-state index in [4.69, 9.17) is 4.98 Å². The van der Waals surface area contributed by atoms with Gasteiger partial charge in [0.15, 0.2) is 5.82 Å². The zero-order chi connectivity index (χ0) is 16.4. The molecule has 0 atom stereocenters. The topological polar surface area (TPSA) is 65.5 Å². The number of aromatic nitrogens is 3. The van der Waals surface area contributed by atoms with Crippen molar-refractivity contribution < 1.29 is 4.79 Å². The van der Waals surface area contributed by atoms with Crippen molar-refractivity contribution in [2.45, 2.75) is 13.0 Å². The van der Waals surface area contributed by atoms with Gasteiger partial charge in [0.25, 0.3) is 0 Å². The van der Waals surface area contributed by atoms with Gasteiger partial charge >= 0.3 is 0 Å². The lowest BCUT2D eigenvalue weighted by Gasteiger charge is -2.34. The van der Waals surface area contributed by atoms with E-state index >= 15 is 0 Å². The zero-order valence-corrected chi connectivity index (χ0v) is 13.5. The minimum absolute atomic E-state index is 0.680. The second kappa shape index (κ2) is 6.43. The SMILES string of the molecule is O=CN1CCN(c2cnnc(N3CCc4ccccc4C3)n2)CC1. The number of rotatable bonds is 3. The van der Waals surface area contributed by atoms with Gasteiger partial charge in [-0.3, -0.25) is 4.79 Å². The maximum atomic E-state index is 10.8. The molecule has 2 aromatic rings. The number of piperazine rings is 1. The molecule has 1 fully saturated rings. The van der Waals surface area contributed by atoms with Crippen LogP contribution in [-0.4, -0.2) is 59.2 Å². The summed E-state index contributed by atoms with van der Waals surface area (Å²) in [5.41, 5.74) is 2.74. The number of amides is 1. The van der Waals surface area contributed by atoms with Crippen LogP contribution in [-0.2, 0) is 17.8 Å². The molecule has 1 saturated heterocycles. The van der Waals surface area contributed by atoms with Crippen molar-refractivity contribution in [1.29, 1.82) is 0 Å². The largest absolute Gasteiger partial charge is 0.352 e. The maximum absolute atomic E-state index is 10.8. The van der Waals surface area contributed by atoms with Crippen LogP contribution in [0.4, 0.5) is 11.8 Å². The standard InChI is InChI=1S/C17H20N6O/c24-13-21-7-9-22(10-8-21)16-11-18-20-17(19-16)23-6-5-14-3-1-2-4-15(14)12-23/h1-4,11,13H,5-10,12H2. The Bertz CT molecular complexity index is 729. The van der Waals surface area contributed by atoms with Crippen molar-refractivity contribution in [1.82, 2.24) is 20.1 Å². The molecule has 0 N–H and O–H groups in total. The maximum Gasteiger partial charge on any atom is 0.247 e.